The summed E-state index contributed by atoms with van der Waals surface area (Å²) in [7, 11) is 0. The van der Waals surface area contributed by atoms with Crippen LogP contribution in [-0.4, -0.2) is 35.0 Å². The number of nitrogen functional groups attached to an aromatic ring is 1. The predicted molar refractivity (Wildman–Crippen MR) is 81.3 cm³/mol. The van der Waals surface area contributed by atoms with Crippen molar-refractivity contribution in [3.8, 4) is 0 Å². The molecule has 1 amide bonds. The zero-order chi connectivity index (χ0) is 14.7. The van der Waals surface area contributed by atoms with Gasteiger partial charge >= 0.3 is 5.97 Å². The van der Waals surface area contributed by atoms with Gasteiger partial charge in [0.15, 0.2) is 0 Å². The zero-order valence-electron chi connectivity index (χ0n) is 11.3. The molecule has 108 valence electrons. The molecule has 1 aromatic carbocycles. The number of nitrogens with zero attached hydrogens (tertiary/aromatic N) is 1. The van der Waals surface area contributed by atoms with E-state index in [0.29, 0.717) is 17.9 Å². The van der Waals surface area contributed by atoms with Crippen molar-refractivity contribution in [2.45, 2.75) is 13.3 Å². The van der Waals surface area contributed by atoms with Crippen LogP contribution in [0.25, 0.3) is 0 Å². The first-order valence-corrected chi connectivity index (χ1v) is 7.72. The minimum Gasteiger partial charge on any atom is -0.478 e. The number of nitrogens with two attached hydrogens (primary N) is 1. The van der Waals surface area contributed by atoms with Crippen LogP contribution in [0.2, 0.25) is 0 Å². The molecule has 2 rings (SSSR count). The van der Waals surface area contributed by atoms with Gasteiger partial charge in [0.05, 0.1) is 16.9 Å². The van der Waals surface area contributed by atoms with Gasteiger partial charge in [-0.3, -0.25) is 4.79 Å². The van der Waals surface area contributed by atoms with E-state index in [1.807, 2.05) is 6.92 Å². The van der Waals surface area contributed by atoms with Gasteiger partial charge in [0.2, 0.25) is 5.91 Å². The Morgan fingerprint density at radius 3 is 2.75 bits per heavy atom. The summed E-state index contributed by atoms with van der Waals surface area (Å²) in [4.78, 5) is 25.0. The van der Waals surface area contributed by atoms with E-state index < -0.39 is 5.97 Å². The van der Waals surface area contributed by atoms with Crippen molar-refractivity contribution in [1.82, 2.24) is 0 Å². The molecule has 1 fully saturated rings. The molecule has 3 N–H and O–H groups in total. The van der Waals surface area contributed by atoms with Crippen LogP contribution in [0, 0.1) is 5.92 Å². The fraction of sp³-hybridized carbons (Fsp3) is 0.429. The number of anilines is 2. The van der Waals surface area contributed by atoms with Crippen molar-refractivity contribution >= 4 is 35.0 Å². The smallest absolute Gasteiger partial charge is 0.335 e. The van der Waals surface area contributed by atoms with Gasteiger partial charge in [0, 0.05) is 18.2 Å². The summed E-state index contributed by atoms with van der Waals surface area (Å²) in [6.45, 7) is 2.42. The van der Waals surface area contributed by atoms with Crippen molar-refractivity contribution in [2.24, 2.45) is 5.92 Å². The lowest BCUT2D eigenvalue weighted by Gasteiger charge is -2.25. The summed E-state index contributed by atoms with van der Waals surface area (Å²) in [6.07, 6.45) is 0.896. The van der Waals surface area contributed by atoms with Crippen LogP contribution in [0.3, 0.4) is 0 Å². The highest BCUT2D eigenvalue weighted by Gasteiger charge is 2.28. The van der Waals surface area contributed by atoms with E-state index in [1.54, 1.807) is 22.7 Å². The van der Waals surface area contributed by atoms with Crippen LogP contribution in [0.4, 0.5) is 11.4 Å². The molecule has 1 aromatic rings. The molecule has 0 radical (unpaired) electrons. The number of aromatic carboxylic acids is 1. The van der Waals surface area contributed by atoms with Crippen LogP contribution in [0.15, 0.2) is 18.2 Å². The molecule has 0 bridgehead atoms. The van der Waals surface area contributed by atoms with Crippen LogP contribution >= 0.6 is 11.8 Å². The van der Waals surface area contributed by atoms with Gasteiger partial charge in [0.25, 0.3) is 0 Å². The first kappa shape index (κ1) is 14.7. The number of benzene rings is 1. The highest BCUT2D eigenvalue weighted by atomic mass is 32.2. The molecule has 20 heavy (non-hydrogen) atoms. The molecule has 1 atom stereocenters. The third kappa shape index (κ3) is 2.90. The van der Waals surface area contributed by atoms with E-state index in [0.717, 1.165) is 17.9 Å². The topological polar surface area (TPSA) is 83.6 Å². The maximum atomic E-state index is 12.5. The third-order valence-electron chi connectivity index (χ3n) is 3.43. The molecule has 0 aromatic heterocycles. The van der Waals surface area contributed by atoms with E-state index >= 15 is 0 Å². The molecule has 0 aliphatic carbocycles. The largest absolute Gasteiger partial charge is 0.478 e. The minimum atomic E-state index is -1.02. The summed E-state index contributed by atoms with van der Waals surface area (Å²) in [5.41, 5.74) is 6.96. The molecule has 0 spiro atoms. The van der Waals surface area contributed by atoms with Gasteiger partial charge < -0.3 is 15.7 Å². The van der Waals surface area contributed by atoms with Crippen LogP contribution in [-0.2, 0) is 4.79 Å². The van der Waals surface area contributed by atoms with Gasteiger partial charge in [-0.25, -0.2) is 4.79 Å². The van der Waals surface area contributed by atoms with Gasteiger partial charge in [-0.05, 0) is 37.3 Å². The Kier molecular flexibility index (Phi) is 4.54. The summed E-state index contributed by atoms with van der Waals surface area (Å²) in [5, 5.41) is 8.94. The van der Waals surface area contributed by atoms with E-state index in [2.05, 4.69) is 0 Å². The van der Waals surface area contributed by atoms with Crippen LogP contribution in [0.5, 0.6) is 0 Å². The number of amides is 1. The van der Waals surface area contributed by atoms with Gasteiger partial charge in [-0.1, -0.05) is 0 Å². The average Bonchev–Trinajstić information content (AvgIpc) is 2.94. The minimum absolute atomic E-state index is 0.0403. The second-order valence-electron chi connectivity index (χ2n) is 4.72. The number of carboxylic acid groups (broad SMARTS) is 1. The second kappa shape index (κ2) is 6.17. The number of rotatable bonds is 4. The van der Waals surface area contributed by atoms with Gasteiger partial charge in [-0.2, -0.15) is 11.8 Å². The predicted octanol–water partition coefficient (Wildman–Crippen LogP) is 2.07. The molecule has 5 nitrogen and oxygen atoms in total. The van der Waals surface area contributed by atoms with Crippen molar-refractivity contribution in [3.63, 3.8) is 0 Å². The maximum Gasteiger partial charge on any atom is 0.335 e. The van der Waals surface area contributed by atoms with Crippen LogP contribution in [0.1, 0.15) is 23.7 Å². The fourth-order valence-electron chi connectivity index (χ4n) is 2.33. The molecule has 6 heteroatoms. The van der Waals surface area contributed by atoms with E-state index in [4.69, 9.17) is 10.8 Å². The number of carbonyl (C=O) groups excluding carboxylic acids is 1. The monoisotopic (exact) mass is 294 g/mol. The standard InChI is InChI=1S/C14H18N2O3S/c1-2-16(13(17)10-5-6-20-8-10)12-4-3-9(14(18)19)7-11(12)15/h3-4,7,10H,2,5-6,8,15H2,1H3,(H,18,19). The average molecular weight is 294 g/mol. The summed E-state index contributed by atoms with van der Waals surface area (Å²) in [5.74, 6) is 0.958. The second-order valence-corrected chi connectivity index (χ2v) is 5.87. The fourth-order valence-corrected chi connectivity index (χ4v) is 3.54. The lowest BCUT2D eigenvalue weighted by atomic mass is 10.1. The first-order chi connectivity index (χ1) is 9.54. The van der Waals surface area contributed by atoms with Crippen molar-refractivity contribution < 1.29 is 14.7 Å². The van der Waals surface area contributed by atoms with Crippen LogP contribution < -0.4 is 10.6 Å². The van der Waals surface area contributed by atoms with Crippen molar-refractivity contribution in [3.05, 3.63) is 23.8 Å². The highest BCUT2D eigenvalue weighted by molar-refractivity contribution is 7.99. The van der Waals surface area contributed by atoms with E-state index in [-0.39, 0.29) is 17.4 Å². The Labute approximate surface area is 122 Å². The Morgan fingerprint density at radius 2 is 2.25 bits per heavy atom. The van der Waals surface area contributed by atoms with Crippen molar-refractivity contribution in [2.75, 3.05) is 28.7 Å². The Balaban J connectivity index is 2.27. The molecular formula is C14H18N2O3S. The third-order valence-corrected chi connectivity index (χ3v) is 4.59. The van der Waals surface area contributed by atoms with E-state index in [9.17, 15) is 9.59 Å². The lowest BCUT2D eigenvalue weighted by Crippen LogP contribution is -2.36. The normalized spacial score (nSPS) is 17.9. The van der Waals surface area contributed by atoms with E-state index in [1.165, 1.54) is 12.1 Å². The molecule has 1 heterocycles. The SMILES string of the molecule is CCN(C(=O)C1CCSC1)c1ccc(C(=O)O)cc1N. The summed E-state index contributed by atoms with van der Waals surface area (Å²) >= 11 is 1.79. The number of hydrogen-bond donors (Lipinski definition) is 2. The Hall–Kier alpha value is -1.69. The molecule has 0 saturated carbocycles. The highest BCUT2D eigenvalue weighted by Crippen LogP contribution is 2.30. The molecular weight excluding hydrogens is 276 g/mol. The molecule has 1 saturated heterocycles. The first-order valence-electron chi connectivity index (χ1n) is 6.56. The number of carboxylic acids is 1. The quantitative estimate of drug-likeness (QED) is 0.831. The summed E-state index contributed by atoms with van der Waals surface area (Å²) in [6, 6.07) is 4.49. The molecule has 1 unspecified atom stereocenters. The zero-order valence-corrected chi connectivity index (χ0v) is 12.2. The van der Waals surface area contributed by atoms with Crippen molar-refractivity contribution in [1.29, 1.82) is 0 Å². The lowest BCUT2D eigenvalue weighted by molar-refractivity contribution is -0.121. The van der Waals surface area contributed by atoms with Gasteiger partial charge in [0.1, 0.15) is 0 Å². The number of carbonyl (C=O) groups is 2. The Bertz CT molecular complexity index is 527. The number of thioether (sulfide) groups is 1. The number of hydrogen-bond acceptors (Lipinski definition) is 4. The Morgan fingerprint density at radius 1 is 1.50 bits per heavy atom. The maximum absolute atomic E-state index is 12.5. The molecule has 1 aliphatic rings. The van der Waals surface area contributed by atoms with Gasteiger partial charge in [-0.15, -0.1) is 0 Å². The summed E-state index contributed by atoms with van der Waals surface area (Å²) < 4.78 is 0. The molecule has 1 aliphatic heterocycles.